The number of ether oxygens (including phenoxy) is 1. The Morgan fingerprint density at radius 3 is 2.68 bits per heavy atom. The number of anilines is 2. The van der Waals surface area contributed by atoms with Crippen LogP contribution in [0.3, 0.4) is 0 Å². The van der Waals surface area contributed by atoms with Gasteiger partial charge in [0, 0.05) is 30.0 Å². The van der Waals surface area contributed by atoms with Crippen molar-refractivity contribution in [2.45, 2.75) is 0 Å². The second-order valence-electron chi connectivity index (χ2n) is 4.82. The van der Waals surface area contributed by atoms with E-state index in [9.17, 15) is 4.79 Å². The van der Waals surface area contributed by atoms with Crippen LogP contribution in [0.25, 0.3) is 0 Å². The molecule has 3 heterocycles. The van der Waals surface area contributed by atoms with Crippen molar-refractivity contribution < 1.29 is 9.53 Å². The lowest BCUT2D eigenvalue weighted by atomic mass is 10.2. The summed E-state index contributed by atoms with van der Waals surface area (Å²) >= 11 is 3.39. The van der Waals surface area contributed by atoms with Gasteiger partial charge in [-0.15, -0.1) is 0 Å². The molecule has 2 aromatic heterocycles. The first-order valence-electron chi connectivity index (χ1n) is 6.94. The Bertz CT molecular complexity index is 657. The van der Waals surface area contributed by atoms with Gasteiger partial charge in [0.25, 0.3) is 5.91 Å². The summed E-state index contributed by atoms with van der Waals surface area (Å²) in [6.45, 7) is 2.43. The van der Waals surface area contributed by atoms with Crippen LogP contribution in [0.1, 0.15) is 10.4 Å². The Morgan fingerprint density at radius 2 is 2.00 bits per heavy atom. The largest absolute Gasteiger partial charge is 0.378 e. The van der Waals surface area contributed by atoms with E-state index < -0.39 is 0 Å². The lowest BCUT2D eigenvalue weighted by Gasteiger charge is -2.26. The van der Waals surface area contributed by atoms with Crippen LogP contribution in [0.5, 0.6) is 0 Å². The van der Waals surface area contributed by atoms with Crippen molar-refractivity contribution in [1.82, 2.24) is 14.9 Å². The van der Waals surface area contributed by atoms with E-state index in [1.165, 1.54) is 0 Å². The Balaban J connectivity index is 1.68. The van der Waals surface area contributed by atoms with Gasteiger partial charge in [0.1, 0.15) is 11.6 Å². The normalized spacial score (nSPS) is 14.7. The molecule has 1 aliphatic rings. The van der Waals surface area contributed by atoms with Crippen LogP contribution in [0, 0.1) is 0 Å². The van der Waals surface area contributed by atoms with Gasteiger partial charge in [0.2, 0.25) is 0 Å². The molecule has 1 saturated heterocycles. The van der Waals surface area contributed by atoms with Crippen LogP contribution < -0.4 is 5.32 Å². The molecule has 0 atom stereocenters. The second kappa shape index (κ2) is 6.85. The van der Waals surface area contributed by atoms with Crippen molar-refractivity contribution in [3.8, 4) is 0 Å². The zero-order chi connectivity index (χ0) is 15.4. The van der Waals surface area contributed by atoms with Gasteiger partial charge >= 0.3 is 0 Å². The monoisotopic (exact) mass is 362 g/mol. The van der Waals surface area contributed by atoms with E-state index in [1.807, 2.05) is 12.1 Å². The molecule has 2 aromatic rings. The Kier molecular flexibility index (Phi) is 4.65. The number of morpholine rings is 1. The van der Waals surface area contributed by atoms with Crippen LogP contribution in [0.15, 0.2) is 41.1 Å². The average Bonchev–Trinajstić information content (AvgIpc) is 2.56. The highest BCUT2D eigenvalue weighted by molar-refractivity contribution is 9.10. The third-order valence-corrected chi connectivity index (χ3v) is 3.78. The van der Waals surface area contributed by atoms with E-state index in [4.69, 9.17) is 4.74 Å². The number of halogens is 1. The first kappa shape index (κ1) is 14.9. The van der Waals surface area contributed by atoms with E-state index in [1.54, 1.807) is 29.4 Å². The lowest BCUT2D eigenvalue weighted by Crippen LogP contribution is -2.40. The number of aromatic nitrogens is 2. The summed E-state index contributed by atoms with van der Waals surface area (Å²) in [4.78, 5) is 22.6. The molecule has 7 heteroatoms. The van der Waals surface area contributed by atoms with Crippen molar-refractivity contribution in [2.75, 3.05) is 31.6 Å². The van der Waals surface area contributed by atoms with Gasteiger partial charge in [-0.05, 0) is 24.3 Å². The minimum atomic E-state index is -0.0112. The zero-order valence-corrected chi connectivity index (χ0v) is 13.4. The highest BCUT2D eigenvalue weighted by atomic mass is 79.9. The number of pyridine rings is 2. The number of carbonyl (C=O) groups excluding carboxylic acids is 1. The molecule has 1 N–H and O–H groups in total. The van der Waals surface area contributed by atoms with Gasteiger partial charge in [0.15, 0.2) is 0 Å². The first-order chi connectivity index (χ1) is 10.7. The number of amides is 1. The van der Waals surface area contributed by atoms with Gasteiger partial charge < -0.3 is 15.0 Å². The Morgan fingerprint density at radius 1 is 1.18 bits per heavy atom. The SMILES string of the molecule is O=C(c1ccc(Nc2cc(Br)ccn2)nc1)N1CCOCC1. The molecule has 22 heavy (non-hydrogen) atoms. The third-order valence-electron chi connectivity index (χ3n) is 3.29. The van der Waals surface area contributed by atoms with Gasteiger partial charge in [-0.25, -0.2) is 9.97 Å². The summed E-state index contributed by atoms with van der Waals surface area (Å²) in [7, 11) is 0. The minimum Gasteiger partial charge on any atom is -0.378 e. The predicted octanol–water partition coefficient (Wildman–Crippen LogP) is 2.46. The van der Waals surface area contributed by atoms with Crippen molar-refractivity contribution in [2.24, 2.45) is 0 Å². The van der Waals surface area contributed by atoms with E-state index in [2.05, 4.69) is 31.2 Å². The van der Waals surface area contributed by atoms with Crippen molar-refractivity contribution in [3.05, 3.63) is 46.7 Å². The topological polar surface area (TPSA) is 67.4 Å². The molecule has 1 fully saturated rings. The number of hydrogen-bond acceptors (Lipinski definition) is 5. The fourth-order valence-electron chi connectivity index (χ4n) is 2.15. The molecule has 3 rings (SSSR count). The number of nitrogens with zero attached hydrogens (tertiary/aromatic N) is 3. The molecule has 6 nitrogen and oxygen atoms in total. The van der Waals surface area contributed by atoms with E-state index in [0.717, 1.165) is 4.47 Å². The van der Waals surface area contributed by atoms with E-state index in [-0.39, 0.29) is 5.91 Å². The highest BCUT2D eigenvalue weighted by Crippen LogP contribution is 2.17. The molecule has 0 unspecified atom stereocenters. The summed E-state index contributed by atoms with van der Waals surface area (Å²) in [5.41, 5.74) is 0.578. The molecule has 0 bridgehead atoms. The lowest BCUT2D eigenvalue weighted by molar-refractivity contribution is 0.0302. The second-order valence-corrected chi connectivity index (χ2v) is 5.74. The van der Waals surface area contributed by atoms with Gasteiger partial charge in [0.05, 0.1) is 18.8 Å². The maximum atomic E-state index is 12.3. The van der Waals surface area contributed by atoms with E-state index >= 15 is 0 Å². The molecule has 0 saturated carbocycles. The molecular formula is C15H15BrN4O2. The minimum absolute atomic E-state index is 0.0112. The van der Waals surface area contributed by atoms with Gasteiger partial charge in [-0.3, -0.25) is 4.79 Å². The Labute approximate surface area is 136 Å². The fourth-order valence-corrected chi connectivity index (χ4v) is 2.48. The highest BCUT2D eigenvalue weighted by Gasteiger charge is 2.18. The van der Waals surface area contributed by atoms with Crippen molar-refractivity contribution in [3.63, 3.8) is 0 Å². The fraction of sp³-hybridized carbons (Fsp3) is 0.267. The number of hydrogen-bond donors (Lipinski definition) is 1. The van der Waals surface area contributed by atoms with Gasteiger partial charge in [-0.1, -0.05) is 15.9 Å². The molecule has 0 aliphatic carbocycles. The first-order valence-corrected chi connectivity index (χ1v) is 7.73. The maximum Gasteiger partial charge on any atom is 0.255 e. The predicted molar refractivity (Wildman–Crippen MR) is 86.2 cm³/mol. The standard InChI is InChI=1S/C15H15BrN4O2/c16-12-3-4-17-14(9-12)19-13-2-1-11(10-18-13)15(21)20-5-7-22-8-6-20/h1-4,9-10H,5-8H2,(H,17,18,19). The number of carbonyl (C=O) groups is 1. The molecule has 0 radical (unpaired) electrons. The van der Waals surface area contributed by atoms with Crippen molar-refractivity contribution >= 4 is 33.5 Å². The average molecular weight is 363 g/mol. The number of rotatable bonds is 3. The Hall–Kier alpha value is -1.99. The van der Waals surface area contributed by atoms with Crippen molar-refractivity contribution in [1.29, 1.82) is 0 Å². The summed E-state index contributed by atoms with van der Waals surface area (Å²) in [6.07, 6.45) is 3.28. The molecule has 1 aliphatic heterocycles. The van der Waals surface area contributed by atoms with Crippen LogP contribution in [-0.4, -0.2) is 47.1 Å². The molecule has 1 amide bonds. The maximum absolute atomic E-state index is 12.3. The zero-order valence-electron chi connectivity index (χ0n) is 11.8. The van der Waals surface area contributed by atoms with Gasteiger partial charge in [-0.2, -0.15) is 0 Å². The molecule has 0 spiro atoms. The van der Waals surface area contributed by atoms with Crippen LogP contribution in [0.2, 0.25) is 0 Å². The quantitative estimate of drug-likeness (QED) is 0.908. The van der Waals surface area contributed by atoms with Crippen LogP contribution >= 0.6 is 15.9 Å². The molecule has 0 aromatic carbocycles. The summed E-state index contributed by atoms with van der Waals surface area (Å²) in [5, 5.41) is 3.09. The third kappa shape index (κ3) is 3.61. The number of nitrogens with one attached hydrogen (secondary N) is 1. The smallest absolute Gasteiger partial charge is 0.255 e. The van der Waals surface area contributed by atoms with Crippen LogP contribution in [0.4, 0.5) is 11.6 Å². The van der Waals surface area contributed by atoms with E-state index in [0.29, 0.717) is 43.5 Å². The summed E-state index contributed by atoms with van der Waals surface area (Å²) in [5.74, 6) is 1.32. The summed E-state index contributed by atoms with van der Waals surface area (Å²) < 4.78 is 6.18. The molecule has 114 valence electrons. The molecular weight excluding hydrogens is 348 g/mol. The summed E-state index contributed by atoms with van der Waals surface area (Å²) in [6, 6.07) is 7.25. The van der Waals surface area contributed by atoms with Crippen LogP contribution in [-0.2, 0) is 4.74 Å².